The smallest absolute Gasteiger partial charge is 0.221 e. The van der Waals surface area contributed by atoms with Crippen LogP contribution in [0.4, 0.5) is 5.69 Å². The first kappa shape index (κ1) is 16.5. The third kappa shape index (κ3) is 5.21. The van der Waals surface area contributed by atoms with Crippen molar-refractivity contribution in [1.29, 1.82) is 0 Å². The van der Waals surface area contributed by atoms with Crippen molar-refractivity contribution in [1.82, 2.24) is 5.32 Å². The lowest BCUT2D eigenvalue weighted by Crippen LogP contribution is -2.40. The minimum Gasteiger partial charge on any atom is -0.378 e. The Bertz CT molecular complexity index is 432. The predicted molar refractivity (Wildman–Crippen MR) is 84.7 cm³/mol. The number of nitrogens with zero attached hydrogens (tertiary/aromatic N) is 1. The van der Waals surface area contributed by atoms with Crippen molar-refractivity contribution < 1.29 is 4.79 Å². The van der Waals surface area contributed by atoms with Crippen molar-refractivity contribution in [2.24, 2.45) is 11.1 Å². The fourth-order valence-electron chi connectivity index (χ4n) is 1.69. The number of carbonyl (C=O) groups excluding carboxylic acids is 1. The highest BCUT2D eigenvalue weighted by Gasteiger charge is 2.22. The van der Waals surface area contributed by atoms with Crippen molar-refractivity contribution in [3.05, 3.63) is 29.8 Å². The molecule has 0 aliphatic carbocycles. The van der Waals surface area contributed by atoms with Gasteiger partial charge in [-0.25, -0.2) is 0 Å². The summed E-state index contributed by atoms with van der Waals surface area (Å²) in [6.45, 7) is 6.68. The van der Waals surface area contributed by atoms with Crippen molar-refractivity contribution in [2.75, 3.05) is 19.0 Å². The second-order valence-corrected chi connectivity index (χ2v) is 6.51. The molecule has 1 unspecified atom stereocenters. The van der Waals surface area contributed by atoms with Crippen LogP contribution in [-0.4, -0.2) is 26.0 Å². The van der Waals surface area contributed by atoms with Gasteiger partial charge in [0.25, 0.3) is 0 Å². The standard InChI is InChI=1S/C16H27N3O/c1-16(2,3)14(17)10-15(20)18-11-12-6-8-13(9-7-12)19(4)5/h6-9,14H,10-11,17H2,1-5H3,(H,18,20). The molecule has 1 aromatic rings. The molecule has 0 bridgehead atoms. The fourth-order valence-corrected chi connectivity index (χ4v) is 1.69. The third-order valence-corrected chi connectivity index (χ3v) is 3.46. The Hall–Kier alpha value is -1.55. The molecule has 1 aromatic carbocycles. The molecule has 0 aliphatic heterocycles. The molecule has 0 spiro atoms. The molecule has 1 atom stereocenters. The molecule has 1 rings (SSSR count). The normalized spacial score (nSPS) is 12.9. The van der Waals surface area contributed by atoms with Gasteiger partial charge in [0.1, 0.15) is 0 Å². The summed E-state index contributed by atoms with van der Waals surface area (Å²) in [4.78, 5) is 13.9. The number of benzene rings is 1. The fraction of sp³-hybridized carbons (Fsp3) is 0.562. The van der Waals surface area contributed by atoms with E-state index in [9.17, 15) is 4.79 Å². The molecule has 0 aliphatic rings. The van der Waals surface area contributed by atoms with Crippen LogP contribution in [0.15, 0.2) is 24.3 Å². The Morgan fingerprint density at radius 3 is 2.25 bits per heavy atom. The highest BCUT2D eigenvalue weighted by atomic mass is 16.1. The van der Waals surface area contributed by atoms with E-state index >= 15 is 0 Å². The van der Waals surface area contributed by atoms with E-state index in [0.29, 0.717) is 13.0 Å². The quantitative estimate of drug-likeness (QED) is 0.867. The van der Waals surface area contributed by atoms with E-state index in [1.807, 2.05) is 64.0 Å². The van der Waals surface area contributed by atoms with E-state index in [2.05, 4.69) is 5.32 Å². The number of nitrogens with two attached hydrogens (primary N) is 1. The van der Waals surface area contributed by atoms with Gasteiger partial charge in [-0.05, 0) is 23.1 Å². The summed E-state index contributed by atoms with van der Waals surface area (Å²) in [5, 5.41) is 2.92. The molecular formula is C16H27N3O. The first-order valence-corrected chi connectivity index (χ1v) is 6.98. The Morgan fingerprint density at radius 2 is 1.80 bits per heavy atom. The van der Waals surface area contributed by atoms with Crippen LogP contribution in [0.25, 0.3) is 0 Å². The topological polar surface area (TPSA) is 58.4 Å². The minimum absolute atomic E-state index is 0.00381. The predicted octanol–water partition coefficient (Wildman–Crippen LogP) is 2.13. The SMILES string of the molecule is CN(C)c1ccc(CNC(=O)CC(N)C(C)(C)C)cc1. The monoisotopic (exact) mass is 277 g/mol. The Morgan fingerprint density at radius 1 is 1.25 bits per heavy atom. The molecule has 0 saturated heterocycles. The molecule has 4 heteroatoms. The number of anilines is 1. The van der Waals surface area contributed by atoms with Gasteiger partial charge in [0.15, 0.2) is 0 Å². The van der Waals surface area contributed by atoms with Crippen LogP contribution < -0.4 is 16.0 Å². The van der Waals surface area contributed by atoms with Gasteiger partial charge in [-0.1, -0.05) is 32.9 Å². The summed E-state index contributed by atoms with van der Waals surface area (Å²) in [5.74, 6) is 0.00381. The van der Waals surface area contributed by atoms with E-state index in [1.165, 1.54) is 0 Å². The van der Waals surface area contributed by atoms with Crippen molar-refractivity contribution in [2.45, 2.75) is 39.8 Å². The zero-order chi connectivity index (χ0) is 15.3. The summed E-state index contributed by atoms with van der Waals surface area (Å²) in [6.07, 6.45) is 0.360. The molecule has 20 heavy (non-hydrogen) atoms. The second kappa shape index (κ2) is 6.75. The molecule has 0 radical (unpaired) electrons. The Balaban J connectivity index is 2.45. The van der Waals surface area contributed by atoms with Crippen molar-refractivity contribution in [3.8, 4) is 0 Å². The van der Waals surface area contributed by atoms with Gasteiger partial charge < -0.3 is 16.0 Å². The van der Waals surface area contributed by atoms with E-state index in [0.717, 1.165) is 11.3 Å². The van der Waals surface area contributed by atoms with Gasteiger partial charge in [-0.3, -0.25) is 4.79 Å². The Kier molecular flexibility index (Phi) is 5.57. The first-order valence-electron chi connectivity index (χ1n) is 6.98. The van der Waals surface area contributed by atoms with Crippen LogP contribution in [0.3, 0.4) is 0 Å². The van der Waals surface area contributed by atoms with Crippen LogP contribution in [0.2, 0.25) is 0 Å². The summed E-state index contributed by atoms with van der Waals surface area (Å²) in [6, 6.07) is 8.02. The van der Waals surface area contributed by atoms with Crippen LogP contribution in [0.5, 0.6) is 0 Å². The largest absolute Gasteiger partial charge is 0.378 e. The van der Waals surface area contributed by atoms with Gasteiger partial charge in [0.2, 0.25) is 5.91 Å². The van der Waals surface area contributed by atoms with E-state index in [-0.39, 0.29) is 17.4 Å². The third-order valence-electron chi connectivity index (χ3n) is 3.46. The summed E-state index contributed by atoms with van der Waals surface area (Å²) >= 11 is 0. The summed E-state index contributed by atoms with van der Waals surface area (Å²) in [5.41, 5.74) is 8.20. The van der Waals surface area contributed by atoms with Gasteiger partial charge in [0.05, 0.1) is 0 Å². The lowest BCUT2D eigenvalue weighted by Gasteiger charge is -2.26. The van der Waals surface area contributed by atoms with Gasteiger partial charge in [-0.2, -0.15) is 0 Å². The van der Waals surface area contributed by atoms with Crippen molar-refractivity contribution >= 4 is 11.6 Å². The molecule has 1 amide bonds. The number of nitrogens with one attached hydrogen (secondary N) is 1. The van der Waals surface area contributed by atoms with Crippen LogP contribution in [0, 0.1) is 5.41 Å². The van der Waals surface area contributed by atoms with E-state index in [1.54, 1.807) is 0 Å². The van der Waals surface area contributed by atoms with Gasteiger partial charge in [0, 0.05) is 38.8 Å². The molecule has 112 valence electrons. The van der Waals surface area contributed by atoms with Crippen LogP contribution >= 0.6 is 0 Å². The molecular weight excluding hydrogens is 250 g/mol. The average molecular weight is 277 g/mol. The van der Waals surface area contributed by atoms with Gasteiger partial charge >= 0.3 is 0 Å². The highest BCUT2D eigenvalue weighted by molar-refractivity contribution is 5.76. The molecule has 4 nitrogen and oxygen atoms in total. The average Bonchev–Trinajstić information content (AvgIpc) is 2.35. The maximum Gasteiger partial charge on any atom is 0.221 e. The first-order chi connectivity index (χ1) is 9.20. The number of hydrogen-bond acceptors (Lipinski definition) is 3. The maximum absolute atomic E-state index is 11.8. The number of amides is 1. The number of carbonyl (C=O) groups is 1. The van der Waals surface area contributed by atoms with E-state index < -0.39 is 0 Å². The summed E-state index contributed by atoms with van der Waals surface area (Å²) < 4.78 is 0. The molecule has 3 N–H and O–H groups in total. The van der Waals surface area contributed by atoms with E-state index in [4.69, 9.17) is 5.73 Å². The summed E-state index contributed by atoms with van der Waals surface area (Å²) in [7, 11) is 4.01. The Labute approximate surface area is 122 Å². The molecule has 0 fully saturated rings. The number of hydrogen-bond donors (Lipinski definition) is 2. The second-order valence-electron chi connectivity index (χ2n) is 6.51. The lowest BCUT2D eigenvalue weighted by atomic mass is 9.85. The lowest BCUT2D eigenvalue weighted by molar-refractivity contribution is -0.122. The zero-order valence-corrected chi connectivity index (χ0v) is 13.2. The number of rotatable bonds is 5. The van der Waals surface area contributed by atoms with Crippen molar-refractivity contribution in [3.63, 3.8) is 0 Å². The molecule has 0 saturated carbocycles. The minimum atomic E-state index is -0.126. The zero-order valence-electron chi connectivity index (χ0n) is 13.2. The van der Waals surface area contributed by atoms with Crippen LogP contribution in [-0.2, 0) is 11.3 Å². The van der Waals surface area contributed by atoms with Gasteiger partial charge in [-0.15, -0.1) is 0 Å². The maximum atomic E-state index is 11.8. The highest BCUT2D eigenvalue weighted by Crippen LogP contribution is 2.19. The molecule has 0 aromatic heterocycles. The van der Waals surface area contributed by atoms with Crippen LogP contribution in [0.1, 0.15) is 32.8 Å². The molecule has 0 heterocycles.